The van der Waals surface area contributed by atoms with Gasteiger partial charge in [-0.3, -0.25) is 4.79 Å². The minimum Gasteiger partial charge on any atom is -0.366 e. The summed E-state index contributed by atoms with van der Waals surface area (Å²) >= 11 is 0. The lowest BCUT2D eigenvalue weighted by Crippen LogP contribution is -2.16. The fraction of sp³-hybridized carbons (Fsp3) is 0.545. The van der Waals surface area contributed by atoms with Gasteiger partial charge in [-0.1, -0.05) is 12.8 Å². The second-order valence-corrected chi connectivity index (χ2v) is 4.11. The van der Waals surface area contributed by atoms with E-state index in [4.69, 9.17) is 0 Å². The third-order valence-corrected chi connectivity index (χ3v) is 2.68. The molecule has 1 heterocycles. The summed E-state index contributed by atoms with van der Waals surface area (Å²) in [6.45, 7) is 1.45. The molecule has 1 aliphatic carbocycles. The zero-order chi connectivity index (χ0) is 11.4. The third-order valence-electron chi connectivity index (χ3n) is 2.68. The van der Waals surface area contributed by atoms with Crippen LogP contribution < -0.4 is 10.6 Å². The number of rotatable bonds is 3. The highest BCUT2D eigenvalue weighted by molar-refractivity contribution is 5.87. The maximum Gasteiger partial charge on any atom is 0.222 e. The van der Waals surface area contributed by atoms with Crippen LogP contribution in [0.25, 0.3) is 0 Å². The van der Waals surface area contributed by atoms with Crippen molar-refractivity contribution in [3.63, 3.8) is 0 Å². The summed E-state index contributed by atoms with van der Waals surface area (Å²) < 4.78 is 0. The first-order valence-electron chi connectivity index (χ1n) is 5.62. The second kappa shape index (κ2) is 4.92. The standard InChI is InChI=1S/C11H16N4O/c1-8(16)12-10-6-7-11(15-14-10)13-9-4-2-3-5-9/h6-7,9H,2-5H2,1H3,(H,13,15)(H,12,14,16). The zero-order valence-corrected chi connectivity index (χ0v) is 9.36. The van der Waals surface area contributed by atoms with Crippen LogP contribution in [0.15, 0.2) is 12.1 Å². The number of carbonyl (C=O) groups is 1. The molecule has 2 rings (SSSR count). The Bertz CT molecular complexity index is 357. The number of hydrogen-bond acceptors (Lipinski definition) is 4. The Morgan fingerprint density at radius 2 is 1.88 bits per heavy atom. The quantitative estimate of drug-likeness (QED) is 0.815. The normalized spacial score (nSPS) is 16.1. The molecule has 86 valence electrons. The van der Waals surface area contributed by atoms with Gasteiger partial charge in [0.15, 0.2) is 5.82 Å². The molecule has 1 amide bonds. The Labute approximate surface area is 94.6 Å². The van der Waals surface area contributed by atoms with E-state index in [2.05, 4.69) is 20.8 Å². The Morgan fingerprint density at radius 3 is 2.44 bits per heavy atom. The Balaban J connectivity index is 1.93. The highest BCUT2D eigenvalue weighted by Crippen LogP contribution is 2.21. The number of hydrogen-bond donors (Lipinski definition) is 2. The molecule has 0 radical (unpaired) electrons. The summed E-state index contributed by atoms with van der Waals surface area (Å²) in [5, 5.41) is 13.9. The summed E-state index contributed by atoms with van der Waals surface area (Å²) in [6, 6.07) is 4.13. The van der Waals surface area contributed by atoms with Crippen LogP contribution in [0.1, 0.15) is 32.6 Å². The van der Waals surface area contributed by atoms with Crippen LogP contribution in [-0.2, 0) is 4.79 Å². The van der Waals surface area contributed by atoms with Crippen molar-refractivity contribution in [1.82, 2.24) is 10.2 Å². The molecule has 16 heavy (non-hydrogen) atoms. The molecule has 0 aromatic carbocycles. The van der Waals surface area contributed by atoms with E-state index >= 15 is 0 Å². The number of carbonyl (C=O) groups excluding carboxylic acids is 1. The minimum absolute atomic E-state index is 0.134. The van der Waals surface area contributed by atoms with Gasteiger partial charge in [0.1, 0.15) is 5.82 Å². The molecule has 0 bridgehead atoms. The zero-order valence-electron chi connectivity index (χ0n) is 9.36. The van der Waals surface area contributed by atoms with Gasteiger partial charge in [-0.15, -0.1) is 10.2 Å². The molecule has 1 aliphatic rings. The average Bonchev–Trinajstić information content (AvgIpc) is 2.73. The molecule has 1 saturated carbocycles. The highest BCUT2D eigenvalue weighted by Gasteiger charge is 2.14. The van der Waals surface area contributed by atoms with Crippen molar-refractivity contribution in [3.8, 4) is 0 Å². The van der Waals surface area contributed by atoms with Crippen LogP contribution >= 0.6 is 0 Å². The summed E-state index contributed by atoms with van der Waals surface area (Å²) in [6.07, 6.45) is 4.98. The molecule has 0 saturated heterocycles. The number of aromatic nitrogens is 2. The van der Waals surface area contributed by atoms with E-state index in [1.54, 1.807) is 6.07 Å². The molecule has 0 atom stereocenters. The van der Waals surface area contributed by atoms with Gasteiger partial charge in [-0.05, 0) is 25.0 Å². The van der Waals surface area contributed by atoms with E-state index in [9.17, 15) is 4.79 Å². The van der Waals surface area contributed by atoms with Crippen molar-refractivity contribution in [2.24, 2.45) is 0 Å². The van der Waals surface area contributed by atoms with Crippen LogP contribution in [0.4, 0.5) is 11.6 Å². The molecular weight excluding hydrogens is 204 g/mol. The van der Waals surface area contributed by atoms with Gasteiger partial charge in [-0.2, -0.15) is 0 Å². The molecular formula is C11H16N4O. The fourth-order valence-electron chi connectivity index (χ4n) is 1.94. The van der Waals surface area contributed by atoms with E-state index in [0.717, 1.165) is 5.82 Å². The summed E-state index contributed by atoms with van der Waals surface area (Å²) in [5.41, 5.74) is 0. The molecule has 5 heteroatoms. The van der Waals surface area contributed by atoms with Crippen molar-refractivity contribution in [3.05, 3.63) is 12.1 Å². The maximum absolute atomic E-state index is 10.8. The molecule has 0 aliphatic heterocycles. The monoisotopic (exact) mass is 220 g/mol. The van der Waals surface area contributed by atoms with Gasteiger partial charge in [-0.25, -0.2) is 0 Å². The van der Waals surface area contributed by atoms with Crippen LogP contribution in [0.2, 0.25) is 0 Å². The Kier molecular flexibility index (Phi) is 3.34. The van der Waals surface area contributed by atoms with E-state index in [-0.39, 0.29) is 5.91 Å². The van der Waals surface area contributed by atoms with E-state index in [1.807, 2.05) is 6.07 Å². The number of nitrogens with one attached hydrogen (secondary N) is 2. The van der Waals surface area contributed by atoms with Crippen molar-refractivity contribution in [2.75, 3.05) is 10.6 Å². The number of amides is 1. The van der Waals surface area contributed by atoms with E-state index in [0.29, 0.717) is 11.9 Å². The third kappa shape index (κ3) is 2.92. The number of anilines is 2. The second-order valence-electron chi connectivity index (χ2n) is 4.11. The van der Waals surface area contributed by atoms with Crippen molar-refractivity contribution < 1.29 is 4.79 Å². The van der Waals surface area contributed by atoms with E-state index < -0.39 is 0 Å². The predicted molar refractivity (Wildman–Crippen MR) is 62.2 cm³/mol. The lowest BCUT2D eigenvalue weighted by molar-refractivity contribution is -0.114. The first-order valence-corrected chi connectivity index (χ1v) is 5.62. The Morgan fingerprint density at radius 1 is 1.25 bits per heavy atom. The molecule has 1 fully saturated rings. The molecule has 2 N–H and O–H groups in total. The largest absolute Gasteiger partial charge is 0.366 e. The highest BCUT2D eigenvalue weighted by atomic mass is 16.1. The van der Waals surface area contributed by atoms with E-state index in [1.165, 1.54) is 32.6 Å². The van der Waals surface area contributed by atoms with Gasteiger partial charge in [0, 0.05) is 13.0 Å². The van der Waals surface area contributed by atoms with Crippen LogP contribution in [-0.4, -0.2) is 22.1 Å². The molecule has 0 unspecified atom stereocenters. The predicted octanol–water partition coefficient (Wildman–Crippen LogP) is 1.79. The molecule has 1 aromatic rings. The van der Waals surface area contributed by atoms with Gasteiger partial charge in [0.05, 0.1) is 0 Å². The average molecular weight is 220 g/mol. The number of nitrogens with zero attached hydrogens (tertiary/aromatic N) is 2. The maximum atomic E-state index is 10.8. The Hall–Kier alpha value is -1.65. The summed E-state index contributed by atoms with van der Waals surface area (Å²) in [7, 11) is 0. The SMILES string of the molecule is CC(=O)Nc1ccc(NC2CCCC2)nn1. The molecule has 1 aromatic heterocycles. The van der Waals surface area contributed by atoms with Gasteiger partial charge in [0.25, 0.3) is 0 Å². The lowest BCUT2D eigenvalue weighted by Gasteiger charge is -2.11. The van der Waals surface area contributed by atoms with Gasteiger partial charge >= 0.3 is 0 Å². The first kappa shape index (κ1) is 10.9. The summed E-state index contributed by atoms with van der Waals surface area (Å²) in [4.78, 5) is 10.8. The van der Waals surface area contributed by atoms with Crippen molar-refractivity contribution in [2.45, 2.75) is 38.6 Å². The smallest absolute Gasteiger partial charge is 0.222 e. The van der Waals surface area contributed by atoms with Gasteiger partial charge < -0.3 is 10.6 Å². The summed E-state index contributed by atoms with van der Waals surface area (Å²) in [5.74, 6) is 1.14. The van der Waals surface area contributed by atoms with Crippen molar-refractivity contribution >= 4 is 17.5 Å². The van der Waals surface area contributed by atoms with Crippen LogP contribution in [0.5, 0.6) is 0 Å². The fourth-order valence-corrected chi connectivity index (χ4v) is 1.94. The van der Waals surface area contributed by atoms with Gasteiger partial charge in [0.2, 0.25) is 5.91 Å². The van der Waals surface area contributed by atoms with Crippen LogP contribution in [0, 0.1) is 0 Å². The lowest BCUT2D eigenvalue weighted by atomic mass is 10.2. The topological polar surface area (TPSA) is 66.9 Å². The molecule has 5 nitrogen and oxygen atoms in total. The molecule has 0 spiro atoms. The van der Waals surface area contributed by atoms with Crippen LogP contribution in [0.3, 0.4) is 0 Å². The minimum atomic E-state index is -0.134. The first-order chi connectivity index (χ1) is 7.74. The van der Waals surface area contributed by atoms with Crippen molar-refractivity contribution in [1.29, 1.82) is 0 Å².